The van der Waals surface area contributed by atoms with E-state index in [1.165, 1.54) is 12.0 Å². The summed E-state index contributed by atoms with van der Waals surface area (Å²) in [6, 6.07) is 8.44. The Balaban J connectivity index is 1.38. The predicted octanol–water partition coefficient (Wildman–Crippen LogP) is 4.49. The van der Waals surface area contributed by atoms with E-state index >= 15 is 0 Å². The lowest BCUT2D eigenvalue weighted by Crippen LogP contribution is -2.38. The molecule has 1 aromatic carbocycles. The maximum atomic E-state index is 12.6. The molecule has 0 N–H and O–H groups in total. The summed E-state index contributed by atoms with van der Waals surface area (Å²) in [5.74, 6) is 2.73. The monoisotopic (exact) mass is 384 g/mol. The van der Waals surface area contributed by atoms with Crippen LogP contribution in [0.15, 0.2) is 28.8 Å². The van der Waals surface area contributed by atoms with Crippen molar-refractivity contribution in [2.45, 2.75) is 59.3 Å². The van der Waals surface area contributed by atoms with Gasteiger partial charge in [-0.15, -0.1) is 0 Å². The van der Waals surface area contributed by atoms with Gasteiger partial charge in [-0.25, -0.2) is 0 Å². The Morgan fingerprint density at radius 2 is 1.89 bits per heavy atom. The van der Waals surface area contributed by atoms with Crippen LogP contribution < -0.4 is 4.74 Å². The molecule has 1 saturated heterocycles. The molecule has 5 nitrogen and oxygen atoms in total. The molecule has 152 valence electrons. The average Bonchev–Trinajstić information content (AvgIpc) is 3.04. The number of hydrogen-bond acceptors (Lipinski definition) is 4. The molecule has 0 unspecified atom stereocenters. The van der Waals surface area contributed by atoms with Gasteiger partial charge in [0.15, 0.2) is 0 Å². The zero-order valence-corrected chi connectivity index (χ0v) is 17.4. The molecule has 1 aromatic heterocycles. The number of hydrogen-bond donors (Lipinski definition) is 0. The third-order valence-corrected chi connectivity index (χ3v) is 5.81. The van der Waals surface area contributed by atoms with Gasteiger partial charge >= 0.3 is 0 Å². The van der Waals surface area contributed by atoms with E-state index in [4.69, 9.17) is 9.26 Å². The molecule has 0 bridgehead atoms. The van der Waals surface area contributed by atoms with Crippen LogP contribution in [0.25, 0.3) is 0 Å². The minimum absolute atomic E-state index is 0.255. The molecule has 2 aromatic rings. The molecule has 3 rings (SSSR count). The lowest BCUT2D eigenvalue weighted by Gasteiger charge is -2.32. The second-order valence-corrected chi connectivity index (χ2v) is 7.74. The van der Waals surface area contributed by atoms with Crippen molar-refractivity contribution < 1.29 is 14.1 Å². The SMILES string of the molecule is CCOc1ccc(CCC2CCN(C(=O)CCc3c(C)noc3C)CC2)cc1. The summed E-state index contributed by atoms with van der Waals surface area (Å²) in [4.78, 5) is 14.6. The fraction of sp³-hybridized carbons (Fsp3) is 0.565. The number of aromatic nitrogens is 1. The Morgan fingerprint density at radius 1 is 1.18 bits per heavy atom. The fourth-order valence-corrected chi connectivity index (χ4v) is 4.01. The summed E-state index contributed by atoms with van der Waals surface area (Å²) in [5, 5.41) is 3.97. The predicted molar refractivity (Wildman–Crippen MR) is 110 cm³/mol. The van der Waals surface area contributed by atoms with Crippen LogP contribution in [-0.2, 0) is 17.6 Å². The van der Waals surface area contributed by atoms with Gasteiger partial charge in [-0.2, -0.15) is 0 Å². The van der Waals surface area contributed by atoms with Gasteiger partial charge in [0.2, 0.25) is 5.91 Å². The highest BCUT2D eigenvalue weighted by molar-refractivity contribution is 5.76. The summed E-state index contributed by atoms with van der Waals surface area (Å²) in [6.45, 7) is 8.32. The molecular weight excluding hydrogens is 352 g/mol. The van der Waals surface area contributed by atoms with Crippen molar-refractivity contribution in [3.05, 3.63) is 46.8 Å². The molecule has 0 radical (unpaired) electrons. The van der Waals surface area contributed by atoms with Crippen molar-refractivity contribution in [2.24, 2.45) is 5.92 Å². The summed E-state index contributed by atoms with van der Waals surface area (Å²) in [6.07, 6.45) is 5.76. The first-order valence-electron chi connectivity index (χ1n) is 10.5. The lowest BCUT2D eigenvalue weighted by molar-refractivity contribution is -0.132. The zero-order chi connectivity index (χ0) is 19.9. The molecule has 5 heteroatoms. The van der Waals surface area contributed by atoms with E-state index in [0.29, 0.717) is 18.9 Å². The molecule has 0 aliphatic carbocycles. The van der Waals surface area contributed by atoms with Crippen LogP contribution in [-0.4, -0.2) is 35.7 Å². The van der Waals surface area contributed by atoms with Crippen LogP contribution in [0.3, 0.4) is 0 Å². The number of carbonyl (C=O) groups excluding carboxylic acids is 1. The maximum absolute atomic E-state index is 12.6. The minimum Gasteiger partial charge on any atom is -0.494 e. The normalized spacial score (nSPS) is 15.0. The van der Waals surface area contributed by atoms with Gasteiger partial charge in [-0.3, -0.25) is 4.79 Å². The van der Waals surface area contributed by atoms with E-state index in [-0.39, 0.29) is 5.91 Å². The molecule has 1 aliphatic rings. The quantitative estimate of drug-likeness (QED) is 0.673. The first kappa shape index (κ1) is 20.4. The molecule has 0 spiro atoms. The van der Waals surface area contributed by atoms with E-state index in [1.807, 2.05) is 25.7 Å². The zero-order valence-electron chi connectivity index (χ0n) is 17.4. The lowest BCUT2D eigenvalue weighted by atomic mass is 9.90. The van der Waals surface area contributed by atoms with Crippen LogP contribution in [0.4, 0.5) is 0 Å². The highest BCUT2D eigenvalue weighted by Gasteiger charge is 2.23. The number of likely N-dealkylation sites (tertiary alicyclic amines) is 1. The van der Waals surface area contributed by atoms with Crippen molar-refractivity contribution in [3.8, 4) is 5.75 Å². The highest BCUT2D eigenvalue weighted by Crippen LogP contribution is 2.24. The van der Waals surface area contributed by atoms with Crippen molar-refractivity contribution in [3.63, 3.8) is 0 Å². The minimum atomic E-state index is 0.255. The van der Waals surface area contributed by atoms with E-state index in [0.717, 1.165) is 61.5 Å². The largest absolute Gasteiger partial charge is 0.494 e. The number of benzene rings is 1. The van der Waals surface area contributed by atoms with Crippen molar-refractivity contribution in [2.75, 3.05) is 19.7 Å². The molecule has 1 aliphatic heterocycles. The Bertz CT molecular complexity index is 739. The van der Waals surface area contributed by atoms with Crippen LogP contribution >= 0.6 is 0 Å². The molecule has 1 amide bonds. The highest BCUT2D eigenvalue weighted by atomic mass is 16.5. The van der Waals surface area contributed by atoms with Gasteiger partial charge in [0, 0.05) is 25.1 Å². The number of nitrogens with zero attached hydrogens (tertiary/aromatic N) is 2. The van der Waals surface area contributed by atoms with E-state index in [2.05, 4.69) is 29.4 Å². The maximum Gasteiger partial charge on any atom is 0.222 e. The van der Waals surface area contributed by atoms with Gasteiger partial charge in [-0.1, -0.05) is 17.3 Å². The molecule has 28 heavy (non-hydrogen) atoms. The molecule has 1 fully saturated rings. The number of carbonyl (C=O) groups is 1. The fourth-order valence-electron chi connectivity index (χ4n) is 4.01. The number of ether oxygens (including phenoxy) is 1. The van der Waals surface area contributed by atoms with E-state index in [1.54, 1.807) is 0 Å². The number of rotatable bonds is 8. The third-order valence-electron chi connectivity index (χ3n) is 5.81. The first-order valence-corrected chi connectivity index (χ1v) is 10.5. The molecular formula is C23H32N2O3. The second-order valence-electron chi connectivity index (χ2n) is 7.74. The van der Waals surface area contributed by atoms with E-state index < -0.39 is 0 Å². The standard InChI is InChI=1S/C23H32N2O3/c1-4-27-21-9-7-19(8-10-21)5-6-20-13-15-25(16-14-20)23(26)12-11-22-17(2)24-28-18(22)3/h7-10,20H,4-6,11-16H2,1-3H3. The number of amides is 1. The van der Waals surface area contributed by atoms with Gasteiger partial charge in [0.25, 0.3) is 0 Å². The van der Waals surface area contributed by atoms with Gasteiger partial charge in [0.1, 0.15) is 11.5 Å². The molecule has 0 saturated carbocycles. The van der Waals surface area contributed by atoms with Crippen LogP contribution in [0.1, 0.15) is 55.2 Å². The third kappa shape index (κ3) is 5.37. The Kier molecular flexibility index (Phi) is 7.12. The van der Waals surface area contributed by atoms with Gasteiger partial charge < -0.3 is 14.2 Å². The summed E-state index contributed by atoms with van der Waals surface area (Å²) < 4.78 is 10.7. The van der Waals surface area contributed by atoms with Gasteiger partial charge in [-0.05, 0) is 76.5 Å². The van der Waals surface area contributed by atoms with Crippen LogP contribution in [0, 0.1) is 19.8 Å². The summed E-state index contributed by atoms with van der Waals surface area (Å²) in [5.41, 5.74) is 3.35. The van der Waals surface area contributed by atoms with Crippen molar-refractivity contribution in [1.29, 1.82) is 0 Å². The second kappa shape index (κ2) is 9.76. The first-order chi connectivity index (χ1) is 13.6. The Labute approximate surface area is 168 Å². The van der Waals surface area contributed by atoms with Gasteiger partial charge in [0.05, 0.1) is 12.3 Å². The van der Waals surface area contributed by atoms with Crippen LogP contribution in [0.2, 0.25) is 0 Å². The number of piperidine rings is 1. The smallest absolute Gasteiger partial charge is 0.222 e. The molecule has 2 heterocycles. The summed E-state index contributed by atoms with van der Waals surface area (Å²) >= 11 is 0. The average molecular weight is 385 g/mol. The molecule has 0 atom stereocenters. The topological polar surface area (TPSA) is 55.6 Å². The summed E-state index contributed by atoms with van der Waals surface area (Å²) in [7, 11) is 0. The van der Waals surface area contributed by atoms with Crippen molar-refractivity contribution >= 4 is 5.91 Å². The Hall–Kier alpha value is -2.30. The van der Waals surface area contributed by atoms with Crippen molar-refractivity contribution in [1.82, 2.24) is 10.1 Å². The van der Waals surface area contributed by atoms with Crippen LogP contribution in [0.5, 0.6) is 5.75 Å². The number of aryl methyl sites for hydroxylation is 3. The Morgan fingerprint density at radius 3 is 2.50 bits per heavy atom. The van der Waals surface area contributed by atoms with E-state index in [9.17, 15) is 4.79 Å².